The number of carbonyl (C=O) groups excluding carboxylic acids is 1. The highest BCUT2D eigenvalue weighted by Crippen LogP contribution is 2.28. The first-order chi connectivity index (χ1) is 16.0. The molecule has 2 N–H and O–H groups in total. The lowest BCUT2D eigenvalue weighted by Crippen LogP contribution is -2.38. The third-order valence-corrected chi connectivity index (χ3v) is 6.23. The van der Waals surface area contributed by atoms with Crippen LogP contribution in [0.2, 0.25) is 5.02 Å². The Kier molecular flexibility index (Phi) is 7.71. The van der Waals surface area contributed by atoms with Gasteiger partial charge in [0.1, 0.15) is 23.1 Å². The number of carbonyl (C=O) groups is 1. The number of ether oxygens (including phenoxy) is 2. The second-order valence-electron chi connectivity index (χ2n) is 7.48. The number of benzene rings is 1. The van der Waals surface area contributed by atoms with Crippen molar-refractivity contribution in [3.8, 4) is 5.88 Å². The number of anilines is 3. The van der Waals surface area contributed by atoms with Gasteiger partial charge in [0, 0.05) is 25.7 Å². The number of amides is 1. The molecule has 0 saturated carbocycles. The Labute approximate surface area is 201 Å². The fraction of sp³-hybridized carbons (Fsp3) is 0.364. The van der Waals surface area contributed by atoms with Crippen molar-refractivity contribution in [2.75, 3.05) is 50.1 Å². The molecule has 1 saturated heterocycles. The summed E-state index contributed by atoms with van der Waals surface area (Å²) in [5, 5.41) is 7.01. The fourth-order valence-electron chi connectivity index (χ4n) is 3.29. The predicted octanol–water partition coefficient (Wildman–Crippen LogP) is 3.91. The number of hydrogen-bond acceptors (Lipinski definition) is 9. The normalized spacial score (nSPS) is 14.2. The molecule has 3 heterocycles. The summed E-state index contributed by atoms with van der Waals surface area (Å²) >= 11 is 7.43. The molecule has 3 aromatic rings. The third kappa shape index (κ3) is 6.38. The van der Waals surface area contributed by atoms with E-state index in [-0.39, 0.29) is 5.91 Å². The zero-order valence-corrected chi connectivity index (χ0v) is 20.0. The van der Waals surface area contributed by atoms with E-state index < -0.39 is 0 Å². The van der Waals surface area contributed by atoms with Gasteiger partial charge in [0.05, 0.1) is 30.1 Å². The molecule has 2 aromatic heterocycles. The van der Waals surface area contributed by atoms with E-state index >= 15 is 0 Å². The topological polar surface area (TPSA) is 102 Å². The van der Waals surface area contributed by atoms with Gasteiger partial charge < -0.3 is 20.1 Å². The van der Waals surface area contributed by atoms with Crippen LogP contribution < -0.4 is 15.4 Å². The van der Waals surface area contributed by atoms with Crippen molar-refractivity contribution < 1.29 is 14.3 Å². The van der Waals surface area contributed by atoms with Crippen molar-refractivity contribution in [3.05, 3.63) is 51.7 Å². The van der Waals surface area contributed by atoms with E-state index in [1.807, 2.05) is 19.1 Å². The van der Waals surface area contributed by atoms with E-state index in [0.717, 1.165) is 38.4 Å². The van der Waals surface area contributed by atoms with Crippen molar-refractivity contribution in [3.63, 3.8) is 0 Å². The fourth-order valence-corrected chi connectivity index (χ4v) is 4.28. The van der Waals surface area contributed by atoms with Crippen LogP contribution in [0, 0.1) is 13.8 Å². The molecule has 1 amide bonds. The first-order valence-corrected chi connectivity index (χ1v) is 11.8. The van der Waals surface area contributed by atoms with Crippen molar-refractivity contribution in [2.24, 2.45) is 0 Å². The molecule has 174 valence electrons. The van der Waals surface area contributed by atoms with Gasteiger partial charge in [-0.3, -0.25) is 9.69 Å². The summed E-state index contributed by atoms with van der Waals surface area (Å²) in [5.41, 5.74) is 1.48. The molecule has 0 bridgehead atoms. The second kappa shape index (κ2) is 10.9. The third-order valence-electron chi connectivity index (χ3n) is 5.00. The smallest absolute Gasteiger partial charge is 0.267 e. The molecule has 9 nitrogen and oxygen atoms in total. The summed E-state index contributed by atoms with van der Waals surface area (Å²) in [6.07, 6.45) is 1.52. The van der Waals surface area contributed by atoms with Gasteiger partial charge >= 0.3 is 0 Å². The Bertz CT molecular complexity index is 1100. The van der Waals surface area contributed by atoms with Crippen molar-refractivity contribution in [2.45, 2.75) is 13.8 Å². The highest BCUT2D eigenvalue weighted by atomic mass is 35.5. The highest BCUT2D eigenvalue weighted by molar-refractivity contribution is 7.17. The lowest BCUT2D eigenvalue weighted by molar-refractivity contribution is 0.0320. The van der Waals surface area contributed by atoms with Gasteiger partial charge in [0.25, 0.3) is 5.91 Å². The summed E-state index contributed by atoms with van der Waals surface area (Å²) in [6, 6.07) is 7.19. The molecule has 0 spiro atoms. The number of morpholine rings is 1. The summed E-state index contributed by atoms with van der Waals surface area (Å²) in [4.78, 5) is 28.4. The first-order valence-electron chi connectivity index (χ1n) is 10.6. The van der Waals surface area contributed by atoms with E-state index in [4.69, 9.17) is 21.1 Å². The van der Waals surface area contributed by atoms with Crippen molar-refractivity contribution in [1.82, 2.24) is 19.9 Å². The maximum Gasteiger partial charge on any atom is 0.267 e. The number of para-hydroxylation sites is 1. The van der Waals surface area contributed by atoms with Gasteiger partial charge in [-0.1, -0.05) is 35.1 Å². The molecular formula is C22H25ClN6O3S. The summed E-state index contributed by atoms with van der Waals surface area (Å²) < 4.78 is 11.2. The molecular weight excluding hydrogens is 464 g/mol. The number of hydrogen-bond donors (Lipinski definition) is 2. The van der Waals surface area contributed by atoms with E-state index in [9.17, 15) is 4.79 Å². The van der Waals surface area contributed by atoms with Crippen molar-refractivity contribution in [1.29, 1.82) is 0 Å². The van der Waals surface area contributed by atoms with Crippen LogP contribution in [-0.4, -0.2) is 65.2 Å². The quantitative estimate of drug-likeness (QED) is 0.492. The lowest BCUT2D eigenvalue weighted by atomic mass is 10.2. The number of thiazole rings is 1. The number of halogens is 1. The summed E-state index contributed by atoms with van der Waals surface area (Å²) in [6.45, 7) is 8.36. The molecule has 33 heavy (non-hydrogen) atoms. The number of aromatic nitrogens is 3. The minimum absolute atomic E-state index is 0.275. The molecule has 0 radical (unpaired) electrons. The molecule has 0 unspecified atom stereocenters. The molecule has 1 aliphatic heterocycles. The predicted molar refractivity (Wildman–Crippen MR) is 129 cm³/mol. The number of nitrogens with zero attached hydrogens (tertiary/aromatic N) is 4. The molecule has 11 heteroatoms. The van der Waals surface area contributed by atoms with Gasteiger partial charge in [0.2, 0.25) is 5.88 Å². The van der Waals surface area contributed by atoms with Gasteiger partial charge in [-0.2, -0.15) is 4.98 Å². The molecule has 4 rings (SSSR count). The number of aryl methyl sites for hydroxylation is 2. The average molecular weight is 489 g/mol. The molecule has 1 aromatic carbocycles. The van der Waals surface area contributed by atoms with Crippen LogP contribution in [0.3, 0.4) is 0 Å². The van der Waals surface area contributed by atoms with Crippen LogP contribution in [0.25, 0.3) is 0 Å². The van der Waals surface area contributed by atoms with Crippen molar-refractivity contribution >= 4 is 45.5 Å². The first kappa shape index (κ1) is 23.4. The Balaban J connectivity index is 1.36. The second-order valence-corrected chi connectivity index (χ2v) is 8.92. The summed E-state index contributed by atoms with van der Waals surface area (Å²) in [5.74, 6) is 1.34. The zero-order valence-electron chi connectivity index (χ0n) is 18.4. The Morgan fingerprint density at radius 2 is 2.09 bits per heavy atom. The Morgan fingerprint density at radius 1 is 1.27 bits per heavy atom. The lowest BCUT2D eigenvalue weighted by Gasteiger charge is -2.26. The van der Waals surface area contributed by atoms with Gasteiger partial charge in [0.15, 0.2) is 5.13 Å². The van der Waals surface area contributed by atoms with Crippen LogP contribution in [0.15, 0.2) is 30.5 Å². The minimum atomic E-state index is -0.275. The zero-order chi connectivity index (χ0) is 23.2. The van der Waals surface area contributed by atoms with E-state index in [1.165, 1.54) is 17.5 Å². The molecule has 0 aliphatic carbocycles. The molecule has 1 aliphatic rings. The van der Waals surface area contributed by atoms with Crippen LogP contribution in [0.5, 0.6) is 5.88 Å². The maximum atomic E-state index is 12.7. The van der Waals surface area contributed by atoms with E-state index in [0.29, 0.717) is 44.8 Å². The van der Waals surface area contributed by atoms with Crippen LogP contribution in [0.1, 0.15) is 21.1 Å². The van der Waals surface area contributed by atoms with Crippen LogP contribution in [-0.2, 0) is 4.74 Å². The highest BCUT2D eigenvalue weighted by Gasteiger charge is 2.15. The molecule has 0 atom stereocenters. The minimum Gasteiger partial charge on any atom is -0.476 e. The van der Waals surface area contributed by atoms with Gasteiger partial charge in [-0.05, 0) is 25.5 Å². The van der Waals surface area contributed by atoms with Gasteiger partial charge in [-0.25, -0.2) is 9.97 Å². The number of rotatable bonds is 8. The summed E-state index contributed by atoms with van der Waals surface area (Å²) in [7, 11) is 0. The van der Waals surface area contributed by atoms with E-state index in [2.05, 4.69) is 30.5 Å². The monoisotopic (exact) mass is 488 g/mol. The standard InChI is InChI=1S/C22H25ClN6O3S/c1-14-4-3-5-16(23)20(14)28-21(30)17-13-24-22(33-17)27-18-12-19(26-15(2)25-18)32-11-8-29-6-9-31-10-7-29/h3-5,12-13H,6-11H2,1-2H3,(H,28,30)(H,24,25,26,27). The molecule has 1 fully saturated rings. The van der Waals surface area contributed by atoms with E-state index in [1.54, 1.807) is 19.1 Å². The largest absolute Gasteiger partial charge is 0.476 e. The van der Waals surface area contributed by atoms with Crippen LogP contribution in [0.4, 0.5) is 16.6 Å². The Hall–Kier alpha value is -2.79. The Morgan fingerprint density at radius 3 is 2.88 bits per heavy atom. The van der Waals surface area contributed by atoms with Gasteiger partial charge in [-0.15, -0.1) is 0 Å². The average Bonchev–Trinajstić information content (AvgIpc) is 3.25. The number of nitrogens with one attached hydrogen (secondary N) is 2. The SMILES string of the molecule is Cc1nc(Nc2ncc(C(=O)Nc3c(C)cccc3Cl)s2)cc(OCCN2CCOCC2)n1. The van der Waals surface area contributed by atoms with Crippen LogP contribution >= 0.6 is 22.9 Å². The maximum absolute atomic E-state index is 12.7.